The monoisotopic (exact) mass is 475 g/mol. The number of rotatable bonds is 7. The molecule has 0 spiro atoms. The Bertz CT molecular complexity index is 1310. The van der Waals surface area contributed by atoms with Gasteiger partial charge in [-0.3, -0.25) is 4.79 Å². The van der Waals surface area contributed by atoms with Crippen molar-refractivity contribution < 1.29 is 4.79 Å². The van der Waals surface area contributed by atoms with Crippen LogP contribution < -0.4 is 5.43 Å². The Balaban J connectivity index is 1.70. The number of nitrogens with zero attached hydrogens (tertiary/aromatic N) is 2. The van der Waals surface area contributed by atoms with E-state index in [-0.39, 0.29) is 5.91 Å². The lowest BCUT2D eigenvalue weighted by atomic mass is 9.99. The number of hydrazone groups is 1. The van der Waals surface area contributed by atoms with Gasteiger partial charge in [-0.1, -0.05) is 81.3 Å². The third-order valence-electron chi connectivity index (χ3n) is 5.47. The molecule has 0 fully saturated rings. The molecule has 0 aliphatic carbocycles. The van der Waals surface area contributed by atoms with Crippen LogP contribution in [0.5, 0.6) is 0 Å². The van der Waals surface area contributed by atoms with Crippen molar-refractivity contribution in [2.75, 3.05) is 0 Å². The summed E-state index contributed by atoms with van der Waals surface area (Å²) in [5.41, 5.74) is 7.92. The summed E-state index contributed by atoms with van der Waals surface area (Å²) in [6.45, 7) is 6.42. The molecule has 4 nitrogen and oxygen atoms in total. The molecule has 0 unspecified atom stereocenters. The number of thiophene rings is 1. The van der Waals surface area contributed by atoms with Crippen LogP contribution in [0, 0.1) is 0 Å². The smallest absolute Gasteiger partial charge is 0.267 e. The molecule has 2 aromatic carbocycles. The lowest BCUT2D eigenvalue weighted by molar-refractivity contribution is 0.0956. The average Bonchev–Trinajstić information content (AvgIpc) is 3.27. The van der Waals surface area contributed by atoms with Crippen molar-refractivity contribution in [3.63, 3.8) is 0 Å². The lowest BCUT2D eigenvalue weighted by Crippen LogP contribution is -2.20. The predicted molar refractivity (Wildman–Crippen MR) is 140 cm³/mol. The normalized spacial score (nSPS) is 11.8. The van der Waals surface area contributed by atoms with Crippen LogP contribution in [-0.2, 0) is 0 Å². The number of halogens is 1. The van der Waals surface area contributed by atoms with Crippen LogP contribution in [0.3, 0.4) is 0 Å². The van der Waals surface area contributed by atoms with E-state index in [0.29, 0.717) is 15.8 Å². The van der Waals surface area contributed by atoms with Crippen LogP contribution in [0.2, 0.25) is 4.34 Å². The van der Waals surface area contributed by atoms with E-state index >= 15 is 0 Å². The first kappa shape index (κ1) is 23.1. The Morgan fingerprint density at radius 3 is 2.52 bits per heavy atom. The number of benzene rings is 2. The van der Waals surface area contributed by atoms with Gasteiger partial charge in [0.1, 0.15) is 0 Å². The number of carbonyl (C=O) groups is 1. The maximum absolute atomic E-state index is 13.3. The number of amides is 1. The molecule has 0 atom stereocenters. The van der Waals surface area contributed by atoms with Gasteiger partial charge < -0.3 is 0 Å². The molecular formula is C27H26ClN3OS. The van der Waals surface area contributed by atoms with Gasteiger partial charge in [0, 0.05) is 10.9 Å². The van der Waals surface area contributed by atoms with E-state index in [4.69, 9.17) is 16.6 Å². The zero-order valence-electron chi connectivity index (χ0n) is 18.9. The quantitative estimate of drug-likeness (QED) is 0.220. The SMILES string of the molecule is CCC/C(=N/NC(=O)c1cc(-c2ccc(C(C)C)cc2)nc2ccccc12)c1ccc(Cl)s1. The van der Waals surface area contributed by atoms with E-state index in [2.05, 4.69) is 55.6 Å². The third-order valence-corrected chi connectivity index (χ3v) is 6.75. The molecule has 2 aromatic heterocycles. The number of carbonyl (C=O) groups excluding carboxylic acids is 1. The molecule has 1 amide bonds. The second-order valence-electron chi connectivity index (χ2n) is 8.20. The Labute approximate surface area is 203 Å². The molecule has 0 saturated heterocycles. The summed E-state index contributed by atoms with van der Waals surface area (Å²) >= 11 is 7.56. The highest BCUT2D eigenvalue weighted by Crippen LogP contribution is 2.27. The van der Waals surface area contributed by atoms with E-state index in [1.165, 1.54) is 16.9 Å². The highest BCUT2D eigenvalue weighted by atomic mass is 35.5. The largest absolute Gasteiger partial charge is 0.272 e. The number of para-hydroxylation sites is 1. The fraction of sp³-hybridized carbons (Fsp3) is 0.222. The van der Waals surface area contributed by atoms with Crippen LogP contribution >= 0.6 is 22.9 Å². The van der Waals surface area contributed by atoms with Gasteiger partial charge in [0.25, 0.3) is 5.91 Å². The van der Waals surface area contributed by atoms with Crippen molar-refractivity contribution in [2.24, 2.45) is 5.10 Å². The number of nitrogens with one attached hydrogen (secondary N) is 1. The van der Waals surface area contributed by atoms with E-state index in [9.17, 15) is 4.79 Å². The summed E-state index contributed by atoms with van der Waals surface area (Å²) in [6.07, 6.45) is 1.67. The van der Waals surface area contributed by atoms with Crippen LogP contribution in [0.4, 0.5) is 0 Å². The van der Waals surface area contributed by atoms with Gasteiger partial charge in [-0.2, -0.15) is 5.10 Å². The number of pyridine rings is 1. The number of aromatic nitrogens is 1. The minimum atomic E-state index is -0.259. The molecule has 0 aliphatic rings. The molecule has 2 heterocycles. The average molecular weight is 476 g/mol. The second-order valence-corrected chi connectivity index (χ2v) is 9.92. The van der Waals surface area contributed by atoms with Gasteiger partial charge >= 0.3 is 0 Å². The fourth-order valence-corrected chi connectivity index (χ4v) is 4.73. The first-order valence-corrected chi connectivity index (χ1v) is 12.3. The lowest BCUT2D eigenvalue weighted by Gasteiger charge is -2.11. The Hall–Kier alpha value is -3.02. The standard InChI is InChI=1S/C27H26ClN3OS/c1-4-7-23(25-14-15-26(28)33-25)30-31-27(32)21-16-24(29-22-9-6-5-8-20(21)22)19-12-10-18(11-13-19)17(2)3/h5-6,8-17H,4,7H2,1-3H3,(H,31,32)/b30-23-. The number of hydrogen-bond donors (Lipinski definition) is 1. The van der Waals surface area contributed by atoms with Gasteiger partial charge in [0.2, 0.25) is 0 Å². The molecule has 168 valence electrons. The third kappa shape index (κ3) is 5.32. The van der Waals surface area contributed by atoms with Crippen molar-refractivity contribution in [1.82, 2.24) is 10.4 Å². The first-order chi connectivity index (χ1) is 16.0. The minimum Gasteiger partial charge on any atom is -0.267 e. The zero-order chi connectivity index (χ0) is 23.4. The number of hydrogen-bond acceptors (Lipinski definition) is 4. The van der Waals surface area contributed by atoms with Gasteiger partial charge in [0.05, 0.1) is 31.7 Å². The van der Waals surface area contributed by atoms with Crippen molar-refractivity contribution in [3.8, 4) is 11.3 Å². The Kier molecular flexibility index (Phi) is 7.21. The summed E-state index contributed by atoms with van der Waals surface area (Å²) in [6, 6.07) is 21.7. The highest BCUT2D eigenvalue weighted by Gasteiger charge is 2.15. The Morgan fingerprint density at radius 1 is 1.09 bits per heavy atom. The summed E-state index contributed by atoms with van der Waals surface area (Å²) in [5.74, 6) is 0.197. The molecule has 6 heteroatoms. The predicted octanol–water partition coefficient (Wildman–Crippen LogP) is 7.67. The molecule has 4 rings (SSSR count). The molecule has 0 bridgehead atoms. The van der Waals surface area contributed by atoms with E-state index in [0.717, 1.165) is 45.6 Å². The maximum atomic E-state index is 13.3. The summed E-state index contributed by atoms with van der Waals surface area (Å²) in [4.78, 5) is 19.0. The minimum absolute atomic E-state index is 0.259. The summed E-state index contributed by atoms with van der Waals surface area (Å²) in [7, 11) is 0. The van der Waals surface area contributed by atoms with Crippen LogP contribution in [0.25, 0.3) is 22.2 Å². The summed E-state index contributed by atoms with van der Waals surface area (Å²) in [5, 5.41) is 5.26. The molecule has 0 saturated carbocycles. The van der Waals surface area contributed by atoms with Gasteiger partial charge in [-0.15, -0.1) is 11.3 Å². The molecule has 4 aromatic rings. The van der Waals surface area contributed by atoms with Gasteiger partial charge in [-0.05, 0) is 42.2 Å². The van der Waals surface area contributed by atoms with E-state index < -0.39 is 0 Å². The summed E-state index contributed by atoms with van der Waals surface area (Å²) < 4.78 is 0.702. The van der Waals surface area contributed by atoms with Crippen molar-refractivity contribution in [2.45, 2.75) is 39.5 Å². The van der Waals surface area contributed by atoms with Crippen molar-refractivity contribution >= 4 is 45.5 Å². The van der Waals surface area contributed by atoms with Crippen LogP contribution in [0.1, 0.15) is 60.3 Å². The maximum Gasteiger partial charge on any atom is 0.272 e. The zero-order valence-corrected chi connectivity index (χ0v) is 20.5. The molecule has 1 N–H and O–H groups in total. The first-order valence-electron chi connectivity index (χ1n) is 11.1. The van der Waals surface area contributed by atoms with E-state index in [1.807, 2.05) is 42.5 Å². The molecule has 0 aliphatic heterocycles. The highest BCUT2D eigenvalue weighted by molar-refractivity contribution is 7.18. The van der Waals surface area contributed by atoms with E-state index in [1.54, 1.807) is 0 Å². The van der Waals surface area contributed by atoms with Crippen molar-refractivity contribution in [1.29, 1.82) is 0 Å². The molecular weight excluding hydrogens is 450 g/mol. The van der Waals surface area contributed by atoms with Gasteiger partial charge in [0.15, 0.2) is 0 Å². The van der Waals surface area contributed by atoms with Crippen molar-refractivity contribution in [3.05, 3.63) is 87.1 Å². The Morgan fingerprint density at radius 2 is 1.85 bits per heavy atom. The molecule has 0 radical (unpaired) electrons. The number of fused-ring (bicyclic) bond motifs is 1. The van der Waals surface area contributed by atoms with Gasteiger partial charge in [-0.25, -0.2) is 10.4 Å². The second kappa shape index (κ2) is 10.3. The van der Waals surface area contributed by atoms with Crippen LogP contribution in [0.15, 0.2) is 71.8 Å². The van der Waals surface area contributed by atoms with Crippen LogP contribution in [-0.4, -0.2) is 16.6 Å². The fourth-order valence-electron chi connectivity index (χ4n) is 3.67. The topological polar surface area (TPSA) is 54.4 Å². The molecule has 33 heavy (non-hydrogen) atoms.